The molecule has 0 spiro atoms. The molecule has 0 heterocycles. The Kier molecular flexibility index (Phi) is 6.62. The molecule has 0 aliphatic carbocycles. The van der Waals surface area contributed by atoms with Crippen molar-refractivity contribution in [2.75, 3.05) is 0 Å². The highest BCUT2D eigenvalue weighted by Gasteiger charge is 2.07. The first-order valence-electron chi connectivity index (χ1n) is 4.51. The third-order valence-corrected chi connectivity index (χ3v) is 2.13. The summed E-state index contributed by atoms with van der Waals surface area (Å²) in [5, 5.41) is 5.42. The molecule has 0 fully saturated rings. The molecule has 3 nitrogen and oxygen atoms in total. The molecule has 4 heteroatoms. The van der Waals surface area contributed by atoms with E-state index in [9.17, 15) is 0 Å². The van der Waals surface area contributed by atoms with Crippen molar-refractivity contribution in [2.24, 2.45) is 10.1 Å². The van der Waals surface area contributed by atoms with Crippen molar-refractivity contribution in [1.29, 1.82) is 0 Å². The zero-order valence-corrected chi connectivity index (χ0v) is 11.0. The Bertz CT molecular complexity index is 327. The van der Waals surface area contributed by atoms with E-state index in [-0.39, 0.29) is 0 Å². The van der Waals surface area contributed by atoms with Gasteiger partial charge in [-0.1, -0.05) is 18.7 Å². The lowest BCUT2D eigenvalue weighted by molar-refractivity contribution is 0.606. The molecule has 0 saturated carbocycles. The second-order valence-electron chi connectivity index (χ2n) is 2.80. The fourth-order valence-electron chi connectivity index (χ4n) is 0.834. The van der Waals surface area contributed by atoms with Crippen LogP contribution in [-0.2, 0) is 0 Å². The smallest absolute Gasteiger partial charge is 0.156 e. The number of allylic oxidation sites excluding steroid dienone is 2. The number of aliphatic imine (C=N–C) groups is 1. The van der Waals surface area contributed by atoms with Crippen LogP contribution >= 0.6 is 15.9 Å². The van der Waals surface area contributed by atoms with E-state index in [0.29, 0.717) is 5.84 Å². The van der Waals surface area contributed by atoms with Crippen molar-refractivity contribution < 1.29 is 0 Å². The lowest BCUT2D eigenvalue weighted by atomic mass is 10.3. The summed E-state index contributed by atoms with van der Waals surface area (Å²) in [5.41, 5.74) is 0.819. The molecule has 0 N–H and O–H groups in total. The van der Waals surface area contributed by atoms with Crippen molar-refractivity contribution >= 4 is 28.5 Å². The molecule has 0 amide bonds. The molecule has 82 valence electrons. The highest BCUT2D eigenvalue weighted by Crippen LogP contribution is 2.12. The summed E-state index contributed by atoms with van der Waals surface area (Å²) >= 11 is 3.31. The maximum Gasteiger partial charge on any atom is 0.156 e. The number of hydrogen-bond donors (Lipinski definition) is 0. The number of nitrogens with zero attached hydrogens (tertiary/aromatic N) is 3. The largest absolute Gasteiger partial charge is 0.223 e. The van der Waals surface area contributed by atoms with Crippen LogP contribution in [0.3, 0.4) is 0 Å². The van der Waals surface area contributed by atoms with Gasteiger partial charge in [0, 0.05) is 12.9 Å². The van der Waals surface area contributed by atoms with Crippen molar-refractivity contribution in [1.82, 2.24) is 5.01 Å². The van der Waals surface area contributed by atoms with Crippen molar-refractivity contribution in [2.45, 2.75) is 20.8 Å². The average Bonchev–Trinajstić information content (AvgIpc) is 2.22. The Hall–Kier alpha value is -1.16. The number of rotatable bonds is 4. The SMILES string of the molecule is C=NN(/C=C\C)/C(=N/C(Br)=C\C)C(=C)C. The molecule has 0 atom stereocenters. The molecule has 0 aromatic carbocycles. The second-order valence-corrected chi connectivity index (χ2v) is 3.61. The first kappa shape index (κ1) is 13.8. The minimum absolute atomic E-state index is 0.660. The van der Waals surface area contributed by atoms with Gasteiger partial charge in [-0.2, -0.15) is 5.10 Å². The van der Waals surface area contributed by atoms with Crippen LogP contribution in [0.5, 0.6) is 0 Å². The van der Waals surface area contributed by atoms with E-state index in [1.165, 1.54) is 0 Å². The predicted octanol–water partition coefficient (Wildman–Crippen LogP) is 3.67. The van der Waals surface area contributed by atoms with Crippen LogP contribution in [0.4, 0.5) is 0 Å². The minimum Gasteiger partial charge on any atom is -0.223 e. The molecule has 0 aliphatic rings. The Morgan fingerprint density at radius 3 is 2.33 bits per heavy atom. The van der Waals surface area contributed by atoms with Gasteiger partial charge in [0.1, 0.15) is 4.61 Å². The quantitative estimate of drug-likeness (QED) is 0.331. The summed E-state index contributed by atoms with van der Waals surface area (Å²) in [6.45, 7) is 13.0. The van der Waals surface area contributed by atoms with Crippen LogP contribution in [0.2, 0.25) is 0 Å². The standard InChI is InChI=1S/C11H16BrN3/c1-6-8-15(13-5)11(9(3)4)14-10(12)7-2/h6-8H,3,5H2,1-2,4H3/b8-6-,10-7-,14-11+. The van der Waals surface area contributed by atoms with E-state index in [1.807, 2.05) is 32.9 Å². The Labute approximate surface area is 99.7 Å². The molecule has 0 saturated heterocycles. The van der Waals surface area contributed by atoms with Gasteiger partial charge in [0.25, 0.3) is 0 Å². The fourth-order valence-corrected chi connectivity index (χ4v) is 1.00. The monoisotopic (exact) mass is 269 g/mol. The summed E-state index contributed by atoms with van der Waals surface area (Å²) < 4.78 is 0.735. The van der Waals surface area contributed by atoms with Crippen LogP contribution in [-0.4, -0.2) is 17.6 Å². The van der Waals surface area contributed by atoms with E-state index < -0.39 is 0 Å². The number of halogens is 1. The summed E-state index contributed by atoms with van der Waals surface area (Å²) in [4.78, 5) is 4.32. The molecular weight excluding hydrogens is 254 g/mol. The molecular formula is C11H16BrN3. The molecule has 0 rings (SSSR count). The van der Waals surface area contributed by atoms with Gasteiger partial charge in [0.05, 0.1) is 0 Å². The Morgan fingerprint density at radius 2 is 2.00 bits per heavy atom. The summed E-state index contributed by atoms with van der Waals surface area (Å²) in [6, 6.07) is 0. The molecule has 0 aromatic heterocycles. The Morgan fingerprint density at radius 1 is 1.40 bits per heavy atom. The predicted molar refractivity (Wildman–Crippen MR) is 71.1 cm³/mol. The van der Waals surface area contributed by atoms with Gasteiger partial charge >= 0.3 is 0 Å². The van der Waals surface area contributed by atoms with E-state index in [0.717, 1.165) is 10.2 Å². The van der Waals surface area contributed by atoms with Gasteiger partial charge in [0.2, 0.25) is 0 Å². The zero-order chi connectivity index (χ0) is 11.8. The molecule has 0 bridgehead atoms. The summed E-state index contributed by atoms with van der Waals surface area (Å²) in [7, 11) is 0. The lowest BCUT2D eigenvalue weighted by Gasteiger charge is -2.15. The maximum atomic E-state index is 4.32. The van der Waals surface area contributed by atoms with Crippen LogP contribution in [0.1, 0.15) is 20.8 Å². The highest BCUT2D eigenvalue weighted by molar-refractivity contribution is 9.11. The minimum atomic E-state index is 0.660. The highest BCUT2D eigenvalue weighted by atomic mass is 79.9. The normalized spacial score (nSPS) is 13.1. The van der Waals surface area contributed by atoms with Gasteiger partial charge in [-0.05, 0) is 42.3 Å². The van der Waals surface area contributed by atoms with Gasteiger partial charge in [-0.15, -0.1) is 0 Å². The Balaban J connectivity index is 5.20. The topological polar surface area (TPSA) is 28.0 Å². The third kappa shape index (κ3) is 4.74. The van der Waals surface area contributed by atoms with Crippen LogP contribution in [0.15, 0.2) is 45.2 Å². The number of hydrogen-bond acceptors (Lipinski definition) is 2. The van der Waals surface area contributed by atoms with Crippen LogP contribution in [0.25, 0.3) is 0 Å². The van der Waals surface area contributed by atoms with Gasteiger partial charge in [-0.3, -0.25) is 0 Å². The zero-order valence-electron chi connectivity index (χ0n) is 9.37. The van der Waals surface area contributed by atoms with Crippen molar-refractivity contribution in [3.63, 3.8) is 0 Å². The van der Waals surface area contributed by atoms with Gasteiger partial charge < -0.3 is 0 Å². The first-order chi connectivity index (χ1) is 7.06. The first-order valence-corrected chi connectivity index (χ1v) is 5.31. The fraction of sp³-hybridized carbons (Fsp3) is 0.273. The summed E-state index contributed by atoms with van der Waals surface area (Å²) in [5.74, 6) is 0.660. The van der Waals surface area contributed by atoms with Crippen molar-refractivity contribution in [3.05, 3.63) is 35.1 Å². The van der Waals surface area contributed by atoms with Gasteiger partial charge in [-0.25, -0.2) is 10.0 Å². The third-order valence-electron chi connectivity index (χ3n) is 1.49. The van der Waals surface area contributed by atoms with E-state index in [4.69, 9.17) is 0 Å². The van der Waals surface area contributed by atoms with E-state index in [2.05, 4.69) is 39.3 Å². The molecule has 0 unspecified atom stereocenters. The van der Waals surface area contributed by atoms with E-state index in [1.54, 1.807) is 11.2 Å². The van der Waals surface area contributed by atoms with E-state index >= 15 is 0 Å². The van der Waals surface area contributed by atoms with Gasteiger partial charge in [0.15, 0.2) is 5.84 Å². The molecule has 15 heavy (non-hydrogen) atoms. The molecule has 0 aromatic rings. The number of hydrazone groups is 1. The molecule has 0 radical (unpaired) electrons. The van der Waals surface area contributed by atoms with Crippen LogP contribution < -0.4 is 0 Å². The average molecular weight is 270 g/mol. The maximum absolute atomic E-state index is 4.32. The lowest BCUT2D eigenvalue weighted by Crippen LogP contribution is -2.20. The summed E-state index contributed by atoms with van der Waals surface area (Å²) in [6.07, 6.45) is 5.48. The number of amidine groups is 1. The van der Waals surface area contributed by atoms with Crippen LogP contribution in [0, 0.1) is 0 Å². The molecule has 0 aliphatic heterocycles. The van der Waals surface area contributed by atoms with Crippen molar-refractivity contribution in [3.8, 4) is 0 Å². The second kappa shape index (κ2) is 7.17.